The first-order chi connectivity index (χ1) is 10.3. The van der Waals surface area contributed by atoms with Crippen molar-refractivity contribution >= 4 is 8.32 Å². The van der Waals surface area contributed by atoms with Crippen LogP contribution in [0.2, 0.25) is 18.1 Å². The third kappa shape index (κ3) is 3.66. The monoisotopic (exact) mass is 348 g/mol. The van der Waals surface area contributed by atoms with Gasteiger partial charge in [-0.05, 0) is 32.0 Å². The number of hydrogen-bond acceptors (Lipinski definition) is 6. The quantitative estimate of drug-likeness (QED) is 0.786. The Kier molecular flexibility index (Phi) is 5.08. The molecule has 1 N–H and O–H groups in total. The number of ether oxygens (including phenoxy) is 4. The zero-order valence-electron chi connectivity index (χ0n) is 15.6. The van der Waals surface area contributed by atoms with Crippen molar-refractivity contribution in [2.45, 2.75) is 82.6 Å². The lowest BCUT2D eigenvalue weighted by Gasteiger charge is -2.44. The molecule has 2 rings (SSSR count). The normalized spacial score (nSPS) is 37.7. The number of methoxy groups -OCH3 is 1. The van der Waals surface area contributed by atoms with Gasteiger partial charge in [-0.2, -0.15) is 0 Å². The van der Waals surface area contributed by atoms with E-state index in [0.717, 1.165) is 0 Å². The van der Waals surface area contributed by atoms with E-state index in [0.29, 0.717) is 6.61 Å². The number of rotatable bonds is 4. The molecule has 2 fully saturated rings. The molecule has 0 amide bonds. The van der Waals surface area contributed by atoms with Crippen LogP contribution in [-0.2, 0) is 23.4 Å². The Balaban J connectivity index is 2.09. The summed E-state index contributed by atoms with van der Waals surface area (Å²) in [6, 6.07) is 0. The largest absolute Gasteiger partial charge is 0.414 e. The van der Waals surface area contributed by atoms with Crippen LogP contribution in [0.5, 0.6) is 0 Å². The van der Waals surface area contributed by atoms with Gasteiger partial charge in [-0.3, -0.25) is 0 Å². The molecule has 2 saturated heterocycles. The number of fused-ring (bicyclic) bond motifs is 1. The van der Waals surface area contributed by atoms with E-state index >= 15 is 0 Å². The van der Waals surface area contributed by atoms with E-state index in [1.54, 1.807) is 7.11 Å². The second-order valence-electron chi connectivity index (χ2n) is 8.46. The van der Waals surface area contributed by atoms with Gasteiger partial charge in [0.1, 0.15) is 24.9 Å². The average Bonchev–Trinajstić information content (AvgIpc) is 2.68. The van der Waals surface area contributed by atoms with E-state index in [9.17, 15) is 5.11 Å². The molecule has 0 bridgehead atoms. The van der Waals surface area contributed by atoms with Crippen molar-refractivity contribution in [2.24, 2.45) is 0 Å². The molecule has 136 valence electrons. The third-order valence-corrected chi connectivity index (χ3v) is 9.77. The van der Waals surface area contributed by atoms with Crippen LogP contribution in [-0.4, -0.2) is 63.6 Å². The zero-order chi connectivity index (χ0) is 17.7. The van der Waals surface area contributed by atoms with Crippen LogP contribution in [0.1, 0.15) is 34.6 Å². The lowest BCUT2D eigenvalue weighted by Crippen LogP contribution is -2.59. The fraction of sp³-hybridized carbons (Fsp3) is 1.00. The predicted molar refractivity (Wildman–Crippen MR) is 88.7 cm³/mol. The van der Waals surface area contributed by atoms with E-state index in [-0.39, 0.29) is 11.6 Å². The summed E-state index contributed by atoms with van der Waals surface area (Å²) in [5.74, 6) is -1.84. The molecule has 0 aromatic carbocycles. The number of aliphatic hydroxyl groups is 1. The van der Waals surface area contributed by atoms with Crippen LogP contribution in [0, 0.1) is 0 Å². The maximum atomic E-state index is 10.7. The topological polar surface area (TPSA) is 66.4 Å². The average molecular weight is 349 g/mol. The molecule has 23 heavy (non-hydrogen) atoms. The van der Waals surface area contributed by atoms with Gasteiger partial charge in [-0.1, -0.05) is 20.8 Å². The molecule has 2 heterocycles. The maximum Gasteiger partial charge on any atom is 0.222 e. The van der Waals surface area contributed by atoms with Gasteiger partial charge >= 0.3 is 0 Å². The van der Waals surface area contributed by atoms with Crippen molar-refractivity contribution in [3.63, 3.8) is 0 Å². The SMILES string of the molecule is CO[C@]12COC(C)(C)O[C@H]1[C@H](O)[C@@H](CO[Si](C)(C)C(C)(C)C)O2. The fourth-order valence-electron chi connectivity index (χ4n) is 2.60. The van der Waals surface area contributed by atoms with Crippen LogP contribution < -0.4 is 0 Å². The Bertz CT molecular complexity index is 433. The number of hydrogen-bond donors (Lipinski definition) is 1. The third-order valence-electron chi connectivity index (χ3n) is 5.27. The predicted octanol–water partition coefficient (Wildman–Crippen LogP) is 2.26. The first-order valence-corrected chi connectivity index (χ1v) is 11.1. The lowest BCUT2D eigenvalue weighted by molar-refractivity contribution is -0.384. The summed E-state index contributed by atoms with van der Waals surface area (Å²) in [6.07, 6.45) is -1.90. The van der Waals surface area contributed by atoms with Gasteiger partial charge in [0, 0.05) is 7.11 Å². The van der Waals surface area contributed by atoms with Gasteiger partial charge in [0.15, 0.2) is 14.1 Å². The summed E-state index contributed by atoms with van der Waals surface area (Å²) in [4.78, 5) is 0. The highest BCUT2D eigenvalue weighted by Crippen LogP contribution is 2.42. The summed E-state index contributed by atoms with van der Waals surface area (Å²) in [5, 5.41) is 10.8. The van der Waals surface area contributed by atoms with Gasteiger partial charge < -0.3 is 28.5 Å². The summed E-state index contributed by atoms with van der Waals surface area (Å²) in [7, 11) is -0.374. The van der Waals surface area contributed by atoms with Crippen LogP contribution in [0.25, 0.3) is 0 Å². The van der Waals surface area contributed by atoms with Gasteiger partial charge in [0.2, 0.25) is 5.79 Å². The fourth-order valence-corrected chi connectivity index (χ4v) is 3.61. The molecular formula is C16H32O6Si. The van der Waals surface area contributed by atoms with Crippen molar-refractivity contribution in [1.82, 2.24) is 0 Å². The van der Waals surface area contributed by atoms with Crippen molar-refractivity contribution < 1.29 is 28.5 Å². The summed E-state index contributed by atoms with van der Waals surface area (Å²) in [5.41, 5.74) is 0. The molecular weight excluding hydrogens is 316 g/mol. The number of aliphatic hydroxyl groups excluding tert-OH is 1. The van der Waals surface area contributed by atoms with Gasteiger partial charge in [0.25, 0.3) is 0 Å². The summed E-state index contributed by atoms with van der Waals surface area (Å²) < 4.78 is 29.2. The van der Waals surface area contributed by atoms with Gasteiger partial charge in [0.05, 0.1) is 6.61 Å². The molecule has 0 aromatic rings. The molecule has 0 aliphatic carbocycles. The highest BCUT2D eigenvalue weighted by molar-refractivity contribution is 6.74. The smallest absolute Gasteiger partial charge is 0.222 e. The van der Waals surface area contributed by atoms with Crippen LogP contribution >= 0.6 is 0 Å². The molecule has 0 aromatic heterocycles. The molecule has 0 spiro atoms. The second-order valence-corrected chi connectivity index (χ2v) is 13.3. The Morgan fingerprint density at radius 1 is 1.22 bits per heavy atom. The Morgan fingerprint density at radius 2 is 1.83 bits per heavy atom. The lowest BCUT2D eigenvalue weighted by atomic mass is 10.0. The molecule has 6 nitrogen and oxygen atoms in total. The Hall–Kier alpha value is -0.0231. The molecule has 0 radical (unpaired) electrons. The van der Waals surface area contributed by atoms with Crippen LogP contribution in [0.4, 0.5) is 0 Å². The standard InChI is InChI=1S/C16H32O6Si/c1-14(2,3)23(7,8)20-9-11-12(17)13-16(18-6,21-11)10-19-15(4,5)22-13/h11-13,17H,9-10H2,1-8H3/t11-,12-,13+,16+/m1/s1. The van der Waals surface area contributed by atoms with Crippen molar-refractivity contribution in [2.75, 3.05) is 20.3 Å². The molecule has 0 saturated carbocycles. The molecule has 2 aliphatic rings. The summed E-state index contributed by atoms with van der Waals surface area (Å²) in [6.45, 7) is 15.1. The van der Waals surface area contributed by atoms with Crippen LogP contribution in [0.15, 0.2) is 0 Å². The minimum Gasteiger partial charge on any atom is -0.414 e. The van der Waals surface area contributed by atoms with Gasteiger partial charge in [-0.15, -0.1) is 0 Å². The summed E-state index contributed by atoms with van der Waals surface area (Å²) >= 11 is 0. The van der Waals surface area contributed by atoms with Crippen molar-refractivity contribution in [3.05, 3.63) is 0 Å². The van der Waals surface area contributed by atoms with E-state index in [2.05, 4.69) is 33.9 Å². The second kappa shape index (κ2) is 6.05. The van der Waals surface area contributed by atoms with Crippen molar-refractivity contribution in [3.8, 4) is 0 Å². The van der Waals surface area contributed by atoms with E-state index in [1.165, 1.54) is 0 Å². The first-order valence-electron chi connectivity index (χ1n) is 8.20. The van der Waals surface area contributed by atoms with E-state index in [1.807, 2.05) is 13.8 Å². The highest BCUT2D eigenvalue weighted by atomic mass is 28.4. The molecule has 7 heteroatoms. The van der Waals surface area contributed by atoms with Crippen molar-refractivity contribution in [1.29, 1.82) is 0 Å². The highest BCUT2D eigenvalue weighted by Gasteiger charge is 2.61. The Morgan fingerprint density at radius 3 is 2.35 bits per heavy atom. The van der Waals surface area contributed by atoms with Gasteiger partial charge in [-0.25, -0.2) is 0 Å². The Labute approximate surface area is 140 Å². The first kappa shape index (κ1) is 19.3. The molecule has 0 unspecified atom stereocenters. The minimum atomic E-state index is -1.92. The van der Waals surface area contributed by atoms with E-state index in [4.69, 9.17) is 23.4 Å². The molecule has 2 aliphatic heterocycles. The maximum absolute atomic E-state index is 10.7. The van der Waals surface area contributed by atoms with Crippen LogP contribution in [0.3, 0.4) is 0 Å². The minimum absolute atomic E-state index is 0.101. The zero-order valence-corrected chi connectivity index (χ0v) is 16.6. The van der Waals surface area contributed by atoms with E-state index < -0.39 is 38.2 Å². The molecule has 4 atom stereocenters.